The van der Waals surface area contributed by atoms with Gasteiger partial charge in [0.15, 0.2) is 12.9 Å². The maximum atomic E-state index is 13.0. The fourth-order valence-corrected chi connectivity index (χ4v) is 3.19. The van der Waals surface area contributed by atoms with Crippen LogP contribution in [0, 0.1) is 0 Å². The molecular weight excluding hydrogens is 448 g/mol. The van der Waals surface area contributed by atoms with Gasteiger partial charge in [0.1, 0.15) is 11.5 Å². The molecule has 1 fully saturated rings. The first kappa shape index (κ1) is 22.7. The fourth-order valence-electron chi connectivity index (χ4n) is 3.19. The molecule has 0 amide bonds. The van der Waals surface area contributed by atoms with Crippen LogP contribution in [-0.4, -0.2) is 54.1 Å². The maximum absolute atomic E-state index is 13.0. The molecule has 1 aliphatic carbocycles. The molecule has 10 nitrogen and oxygen atoms in total. The van der Waals surface area contributed by atoms with Crippen LogP contribution in [0.4, 0.5) is 0 Å². The van der Waals surface area contributed by atoms with Crippen molar-refractivity contribution in [3.8, 4) is 0 Å². The number of carbonyl (C=O) groups excluding carboxylic acids is 3. The minimum Gasteiger partial charge on any atom is -0.478 e. The van der Waals surface area contributed by atoms with Gasteiger partial charge in [0.25, 0.3) is 0 Å². The molecule has 2 aliphatic rings. The van der Waals surface area contributed by atoms with Crippen molar-refractivity contribution < 1.29 is 48.0 Å². The van der Waals surface area contributed by atoms with Crippen LogP contribution in [0.2, 0.25) is 0 Å². The van der Waals surface area contributed by atoms with Gasteiger partial charge >= 0.3 is 23.9 Å². The summed E-state index contributed by atoms with van der Waals surface area (Å²) in [5.74, 6) is -4.61. The van der Waals surface area contributed by atoms with Gasteiger partial charge in [-0.3, -0.25) is 0 Å². The van der Waals surface area contributed by atoms with E-state index in [1.807, 2.05) is 0 Å². The van der Waals surface area contributed by atoms with E-state index in [0.29, 0.717) is 5.76 Å². The lowest BCUT2D eigenvalue weighted by Crippen LogP contribution is -2.46. The van der Waals surface area contributed by atoms with Crippen LogP contribution < -0.4 is 0 Å². The molecule has 1 aliphatic heterocycles. The highest BCUT2D eigenvalue weighted by atomic mass is 16.7. The zero-order valence-electron chi connectivity index (χ0n) is 17.5. The highest BCUT2D eigenvalue weighted by Crippen LogP contribution is 2.30. The highest BCUT2D eigenvalue weighted by Gasteiger charge is 2.44. The van der Waals surface area contributed by atoms with Crippen molar-refractivity contribution in [3.63, 3.8) is 0 Å². The number of hydrogen-bond acceptors (Lipinski definition) is 9. The summed E-state index contributed by atoms with van der Waals surface area (Å²) in [5.41, 5.74) is 0.0921. The second-order valence-electron chi connectivity index (χ2n) is 7.09. The first-order valence-electron chi connectivity index (χ1n) is 10.1. The third kappa shape index (κ3) is 4.97. The summed E-state index contributed by atoms with van der Waals surface area (Å²) >= 11 is 0. The SMILES string of the molecule is O=C(O[C@@H](C(=O)O)[C@@H](OC(=O)c1ccccc1)C(=O)OC1=CC=C2OCOC21)c1ccccc1. The zero-order valence-corrected chi connectivity index (χ0v) is 17.5. The van der Waals surface area contributed by atoms with E-state index in [0.717, 1.165) is 0 Å². The molecule has 1 saturated heterocycles. The standard InChI is InChI=1S/C24H18O10/c25-21(26)19(33-22(27)14-7-3-1-4-8-14)20(34-23(28)15-9-5-2-6-10-15)24(29)32-17-12-11-16-18(17)31-13-30-16/h1-12,18-20H,13H2,(H,25,26)/t18?,19-,20-/m1/s1. The second kappa shape index (κ2) is 10.0. The number of ether oxygens (including phenoxy) is 5. The average molecular weight is 466 g/mol. The van der Waals surface area contributed by atoms with E-state index in [2.05, 4.69) is 0 Å². The molecule has 34 heavy (non-hydrogen) atoms. The lowest BCUT2D eigenvalue weighted by Gasteiger charge is -2.23. The monoisotopic (exact) mass is 466 g/mol. The van der Waals surface area contributed by atoms with Crippen LogP contribution in [0.3, 0.4) is 0 Å². The Morgan fingerprint density at radius 2 is 1.38 bits per heavy atom. The lowest BCUT2D eigenvalue weighted by molar-refractivity contribution is -0.168. The summed E-state index contributed by atoms with van der Waals surface area (Å²) in [7, 11) is 0. The third-order valence-corrected chi connectivity index (χ3v) is 4.85. The van der Waals surface area contributed by atoms with Gasteiger partial charge in [-0.05, 0) is 36.4 Å². The zero-order chi connectivity index (χ0) is 24.1. The number of esters is 3. The summed E-state index contributed by atoms with van der Waals surface area (Å²) in [6.45, 7) is -0.0513. The van der Waals surface area contributed by atoms with Gasteiger partial charge in [-0.15, -0.1) is 0 Å². The molecule has 174 valence electrons. The van der Waals surface area contributed by atoms with Crippen molar-refractivity contribution in [3.05, 3.63) is 95.5 Å². The van der Waals surface area contributed by atoms with Gasteiger partial charge in [-0.1, -0.05) is 36.4 Å². The Hall–Kier alpha value is -4.44. The van der Waals surface area contributed by atoms with Crippen molar-refractivity contribution in [1.29, 1.82) is 0 Å². The maximum Gasteiger partial charge on any atom is 0.357 e. The van der Waals surface area contributed by atoms with E-state index in [4.69, 9.17) is 23.7 Å². The summed E-state index contributed by atoms with van der Waals surface area (Å²) < 4.78 is 26.0. The summed E-state index contributed by atoms with van der Waals surface area (Å²) in [6, 6.07) is 15.2. The van der Waals surface area contributed by atoms with Gasteiger partial charge < -0.3 is 28.8 Å². The molecule has 0 saturated carbocycles. The molecule has 3 atom stereocenters. The number of carboxylic acids is 1. The number of carbonyl (C=O) groups is 4. The number of aliphatic carboxylic acids is 1. The van der Waals surface area contributed by atoms with Crippen LogP contribution in [0.1, 0.15) is 20.7 Å². The normalized spacial score (nSPS) is 17.8. The Bertz CT molecular complexity index is 1150. The van der Waals surface area contributed by atoms with Crippen molar-refractivity contribution in [2.24, 2.45) is 0 Å². The lowest BCUT2D eigenvalue weighted by atomic mass is 10.1. The third-order valence-electron chi connectivity index (χ3n) is 4.85. The van der Waals surface area contributed by atoms with Crippen molar-refractivity contribution in [2.75, 3.05) is 6.79 Å². The number of carboxylic acid groups (broad SMARTS) is 1. The number of benzene rings is 2. The quantitative estimate of drug-likeness (QED) is 0.456. The molecule has 0 bridgehead atoms. The molecule has 1 heterocycles. The Morgan fingerprint density at radius 3 is 1.94 bits per heavy atom. The first-order valence-corrected chi connectivity index (χ1v) is 10.1. The van der Waals surface area contributed by atoms with E-state index >= 15 is 0 Å². The number of allylic oxidation sites excluding steroid dienone is 2. The van der Waals surface area contributed by atoms with E-state index in [1.165, 1.54) is 36.4 Å². The molecular formula is C24H18O10. The molecule has 0 radical (unpaired) electrons. The number of hydrogen-bond donors (Lipinski definition) is 1. The van der Waals surface area contributed by atoms with Crippen LogP contribution in [0.5, 0.6) is 0 Å². The Morgan fingerprint density at radius 1 is 0.824 bits per heavy atom. The van der Waals surface area contributed by atoms with Crippen LogP contribution in [-0.2, 0) is 33.3 Å². The van der Waals surface area contributed by atoms with E-state index in [1.54, 1.807) is 36.4 Å². The molecule has 2 aromatic rings. The summed E-state index contributed by atoms with van der Waals surface area (Å²) in [5, 5.41) is 9.74. The summed E-state index contributed by atoms with van der Waals surface area (Å²) in [6.07, 6.45) is -2.17. The molecule has 2 aromatic carbocycles. The van der Waals surface area contributed by atoms with Gasteiger partial charge in [0, 0.05) is 0 Å². The molecule has 0 spiro atoms. The molecule has 1 N–H and O–H groups in total. The first-order chi connectivity index (χ1) is 16.4. The fraction of sp³-hybridized carbons (Fsp3) is 0.167. The van der Waals surface area contributed by atoms with E-state index < -0.39 is 42.2 Å². The smallest absolute Gasteiger partial charge is 0.357 e. The predicted molar refractivity (Wildman–Crippen MR) is 112 cm³/mol. The van der Waals surface area contributed by atoms with E-state index in [9.17, 15) is 24.3 Å². The molecule has 0 aromatic heterocycles. The summed E-state index contributed by atoms with van der Waals surface area (Å²) in [4.78, 5) is 50.1. The van der Waals surface area contributed by atoms with Gasteiger partial charge in [-0.25, -0.2) is 19.2 Å². The minimum atomic E-state index is -2.19. The Labute approximate surface area is 192 Å². The topological polar surface area (TPSA) is 135 Å². The van der Waals surface area contributed by atoms with E-state index in [-0.39, 0.29) is 23.7 Å². The van der Waals surface area contributed by atoms with Crippen LogP contribution in [0.25, 0.3) is 0 Å². The predicted octanol–water partition coefficient (Wildman–Crippen LogP) is 2.22. The average Bonchev–Trinajstić information content (AvgIpc) is 3.47. The van der Waals surface area contributed by atoms with Gasteiger partial charge in [0.05, 0.1) is 11.1 Å². The van der Waals surface area contributed by atoms with Gasteiger partial charge in [-0.2, -0.15) is 0 Å². The Kier molecular flexibility index (Phi) is 6.69. The van der Waals surface area contributed by atoms with Crippen LogP contribution in [0.15, 0.2) is 84.3 Å². The molecule has 1 unspecified atom stereocenters. The molecule has 10 heteroatoms. The number of rotatable bonds is 8. The largest absolute Gasteiger partial charge is 0.478 e. The van der Waals surface area contributed by atoms with Crippen molar-refractivity contribution in [1.82, 2.24) is 0 Å². The Balaban J connectivity index is 1.58. The van der Waals surface area contributed by atoms with Crippen LogP contribution >= 0.6 is 0 Å². The van der Waals surface area contributed by atoms with Crippen molar-refractivity contribution >= 4 is 23.9 Å². The molecule has 4 rings (SSSR count). The van der Waals surface area contributed by atoms with Crippen molar-refractivity contribution in [2.45, 2.75) is 18.3 Å². The highest BCUT2D eigenvalue weighted by molar-refractivity contribution is 5.95. The van der Waals surface area contributed by atoms with Gasteiger partial charge in [0.2, 0.25) is 12.2 Å². The minimum absolute atomic E-state index is 0.0109. The number of fused-ring (bicyclic) bond motifs is 1. The second-order valence-corrected chi connectivity index (χ2v) is 7.09.